The van der Waals surface area contributed by atoms with Crippen molar-refractivity contribution in [3.63, 3.8) is 0 Å². The summed E-state index contributed by atoms with van der Waals surface area (Å²) in [5.41, 5.74) is 5.33. The fraction of sp³-hybridized carbons (Fsp3) is 0.385. The molecule has 1 saturated carbocycles. The second kappa shape index (κ2) is 8.46. The topological polar surface area (TPSA) is 91.0 Å². The Labute approximate surface area is 193 Å². The molecule has 3 aromatic rings. The first-order valence-electron chi connectivity index (χ1n) is 11.6. The number of hydrogen-bond donors (Lipinski definition) is 2. The van der Waals surface area contributed by atoms with Crippen molar-refractivity contribution in [1.82, 2.24) is 25.4 Å². The second-order valence-corrected chi connectivity index (χ2v) is 9.46. The summed E-state index contributed by atoms with van der Waals surface area (Å²) in [6, 6.07) is 13.7. The fourth-order valence-corrected chi connectivity index (χ4v) is 5.08. The van der Waals surface area contributed by atoms with Crippen LogP contribution in [0, 0.1) is 25.2 Å². The van der Waals surface area contributed by atoms with Crippen molar-refractivity contribution in [3.05, 3.63) is 71.2 Å². The molecule has 2 N–H and O–H groups in total. The number of benzene rings is 1. The predicted molar refractivity (Wildman–Crippen MR) is 125 cm³/mol. The average molecular weight is 444 g/mol. The molecule has 1 aliphatic carbocycles. The molecule has 2 aliphatic rings. The Bertz CT molecular complexity index is 1180. The van der Waals surface area contributed by atoms with Gasteiger partial charge in [-0.25, -0.2) is 0 Å². The molecule has 2 aromatic heterocycles. The molecular weight excluding hydrogens is 414 g/mol. The molecule has 7 nitrogen and oxygen atoms in total. The Morgan fingerprint density at radius 3 is 2.70 bits per heavy atom. The lowest BCUT2D eigenvalue weighted by Crippen LogP contribution is -2.45. The van der Waals surface area contributed by atoms with Gasteiger partial charge in [-0.3, -0.25) is 19.7 Å². The maximum atomic E-state index is 13.3. The molecule has 0 radical (unpaired) electrons. The van der Waals surface area contributed by atoms with E-state index in [4.69, 9.17) is 0 Å². The van der Waals surface area contributed by atoms with Crippen LogP contribution in [0.4, 0.5) is 0 Å². The SMILES string of the molecule is Cc1ccc(-c2cc(C(=O)N3CC(C(=O)NCc4ccccn4)C4(CCC4)C3)[nH]n2)cc1C. The number of carbonyl (C=O) groups is 2. The third-order valence-corrected chi connectivity index (χ3v) is 7.38. The van der Waals surface area contributed by atoms with Crippen molar-refractivity contribution < 1.29 is 9.59 Å². The minimum Gasteiger partial charge on any atom is -0.350 e. The van der Waals surface area contributed by atoms with Crippen molar-refractivity contribution in [2.24, 2.45) is 11.3 Å². The van der Waals surface area contributed by atoms with Crippen LogP contribution in [0.25, 0.3) is 11.3 Å². The van der Waals surface area contributed by atoms with Gasteiger partial charge in [0.25, 0.3) is 5.91 Å². The van der Waals surface area contributed by atoms with E-state index in [0.29, 0.717) is 25.3 Å². The molecule has 5 rings (SSSR count). The Morgan fingerprint density at radius 1 is 1.15 bits per heavy atom. The van der Waals surface area contributed by atoms with E-state index in [1.165, 1.54) is 11.1 Å². The largest absolute Gasteiger partial charge is 0.350 e. The van der Waals surface area contributed by atoms with Crippen LogP contribution in [-0.4, -0.2) is 45.0 Å². The van der Waals surface area contributed by atoms with E-state index in [1.807, 2.05) is 35.2 Å². The Balaban J connectivity index is 1.29. The van der Waals surface area contributed by atoms with Crippen LogP contribution in [-0.2, 0) is 11.3 Å². The number of nitrogens with one attached hydrogen (secondary N) is 2. The van der Waals surface area contributed by atoms with E-state index in [-0.39, 0.29) is 23.1 Å². The van der Waals surface area contributed by atoms with Gasteiger partial charge in [0.05, 0.1) is 23.9 Å². The van der Waals surface area contributed by atoms with E-state index in [1.54, 1.807) is 6.20 Å². The highest BCUT2D eigenvalue weighted by Gasteiger charge is 2.54. The number of hydrogen-bond acceptors (Lipinski definition) is 4. The summed E-state index contributed by atoms with van der Waals surface area (Å²) in [7, 11) is 0. The number of nitrogens with zero attached hydrogens (tertiary/aromatic N) is 3. The van der Waals surface area contributed by atoms with E-state index in [9.17, 15) is 9.59 Å². The maximum Gasteiger partial charge on any atom is 0.271 e. The number of aromatic nitrogens is 3. The molecule has 1 aliphatic heterocycles. The molecule has 2 amide bonds. The molecule has 33 heavy (non-hydrogen) atoms. The summed E-state index contributed by atoms with van der Waals surface area (Å²) in [6.45, 7) is 5.60. The minimum atomic E-state index is -0.193. The number of aromatic amines is 1. The zero-order valence-corrected chi connectivity index (χ0v) is 19.1. The maximum absolute atomic E-state index is 13.3. The average Bonchev–Trinajstić information content (AvgIpc) is 3.45. The number of pyridine rings is 1. The number of carbonyl (C=O) groups excluding carboxylic acids is 2. The van der Waals surface area contributed by atoms with E-state index in [2.05, 4.69) is 46.5 Å². The molecule has 170 valence electrons. The zero-order chi connectivity index (χ0) is 23.0. The van der Waals surface area contributed by atoms with E-state index >= 15 is 0 Å². The normalized spacial score (nSPS) is 18.8. The van der Waals surface area contributed by atoms with Crippen molar-refractivity contribution in [2.75, 3.05) is 13.1 Å². The lowest BCUT2D eigenvalue weighted by molar-refractivity contribution is -0.129. The molecule has 7 heteroatoms. The first-order chi connectivity index (χ1) is 15.9. The van der Waals surface area contributed by atoms with E-state index < -0.39 is 0 Å². The van der Waals surface area contributed by atoms with Crippen molar-refractivity contribution in [1.29, 1.82) is 0 Å². The van der Waals surface area contributed by atoms with Gasteiger partial charge in [0.15, 0.2) is 0 Å². The van der Waals surface area contributed by atoms with Crippen LogP contribution < -0.4 is 5.32 Å². The molecule has 1 unspecified atom stereocenters. The highest BCUT2D eigenvalue weighted by atomic mass is 16.2. The first kappa shape index (κ1) is 21.4. The van der Waals surface area contributed by atoms with Gasteiger partial charge in [-0.05, 0) is 62.1 Å². The predicted octanol–water partition coefficient (Wildman–Crippen LogP) is 3.65. The summed E-state index contributed by atoms with van der Waals surface area (Å²) in [5.74, 6) is -0.277. The number of amides is 2. The number of aryl methyl sites for hydroxylation is 2. The summed E-state index contributed by atoms with van der Waals surface area (Å²) in [5, 5.41) is 10.3. The molecule has 2 fully saturated rings. The van der Waals surface area contributed by atoms with Gasteiger partial charge in [0, 0.05) is 30.3 Å². The van der Waals surface area contributed by atoms with Gasteiger partial charge in [-0.2, -0.15) is 5.10 Å². The standard InChI is InChI=1S/C26H29N5O2/c1-17-7-8-19(12-18(17)2)22-13-23(30-29-22)25(33)31-15-21(26(16-31)9-5-10-26)24(32)28-14-20-6-3-4-11-27-20/h3-4,6-8,11-13,21H,5,9-10,14-16H2,1-2H3,(H,28,32)(H,29,30). The smallest absolute Gasteiger partial charge is 0.271 e. The highest BCUT2D eigenvalue weighted by Crippen LogP contribution is 2.52. The summed E-state index contributed by atoms with van der Waals surface area (Å²) in [4.78, 5) is 32.5. The first-order valence-corrected chi connectivity index (χ1v) is 11.6. The van der Waals surface area contributed by atoms with Crippen molar-refractivity contribution in [3.8, 4) is 11.3 Å². The summed E-state index contributed by atoms with van der Waals surface area (Å²) >= 11 is 0. The molecule has 1 spiro atoms. The number of likely N-dealkylation sites (tertiary alicyclic amines) is 1. The monoisotopic (exact) mass is 443 g/mol. The van der Waals surface area contributed by atoms with Crippen LogP contribution in [0.15, 0.2) is 48.7 Å². The Morgan fingerprint density at radius 2 is 2.00 bits per heavy atom. The molecule has 1 aromatic carbocycles. The Hall–Kier alpha value is -3.48. The number of H-pyrrole nitrogens is 1. The van der Waals surface area contributed by atoms with Crippen LogP contribution in [0.5, 0.6) is 0 Å². The van der Waals surface area contributed by atoms with Crippen molar-refractivity contribution >= 4 is 11.8 Å². The summed E-state index contributed by atoms with van der Waals surface area (Å²) in [6.07, 6.45) is 4.79. The van der Waals surface area contributed by atoms with Crippen LogP contribution in [0.2, 0.25) is 0 Å². The Kier molecular flexibility index (Phi) is 5.48. The molecule has 1 saturated heterocycles. The van der Waals surface area contributed by atoms with Crippen LogP contribution in [0.3, 0.4) is 0 Å². The quantitative estimate of drug-likeness (QED) is 0.630. The van der Waals surface area contributed by atoms with Gasteiger partial charge in [-0.15, -0.1) is 0 Å². The minimum absolute atomic E-state index is 0.0103. The number of rotatable bonds is 5. The second-order valence-electron chi connectivity index (χ2n) is 9.46. The van der Waals surface area contributed by atoms with Gasteiger partial charge in [-0.1, -0.05) is 24.6 Å². The lowest BCUT2D eigenvalue weighted by atomic mass is 9.62. The molecular formula is C26H29N5O2. The molecule has 1 atom stereocenters. The van der Waals surface area contributed by atoms with Crippen LogP contribution in [0.1, 0.15) is 46.6 Å². The van der Waals surface area contributed by atoms with Gasteiger partial charge < -0.3 is 10.2 Å². The summed E-state index contributed by atoms with van der Waals surface area (Å²) < 4.78 is 0. The van der Waals surface area contributed by atoms with Gasteiger partial charge >= 0.3 is 0 Å². The lowest BCUT2D eigenvalue weighted by Gasteiger charge is -2.41. The molecule has 3 heterocycles. The van der Waals surface area contributed by atoms with Gasteiger partial charge in [0.2, 0.25) is 5.91 Å². The van der Waals surface area contributed by atoms with Gasteiger partial charge in [0.1, 0.15) is 5.69 Å². The third kappa shape index (κ3) is 4.03. The van der Waals surface area contributed by atoms with Crippen molar-refractivity contribution in [2.45, 2.75) is 39.7 Å². The van der Waals surface area contributed by atoms with E-state index in [0.717, 1.165) is 36.2 Å². The molecule has 0 bridgehead atoms. The highest BCUT2D eigenvalue weighted by molar-refractivity contribution is 5.94. The fourth-order valence-electron chi connectivity index (χ4n) is 5.08. The third-order valence-electron chi connectivity index (χ3n) is 7.38. The zero-order valence-electron chi connectivity index (χ0n) is 19.1. The van der Waals surface area contributed by atoms with Crippen LogP contribution >= 0.6 is 0 Å².